The predicted octanol–water partition coefficient (Wildman–Crippen LogP) is 9.17. The highest BCUT2D eigenvalue weighted by Gasteiger charge is 2.28. The van der Waals surface area contributed by atoms with Crippen molar-refractivity contribution in [2.24, 2.45) is 0 Å². The van der Waals surface area contributed by atoms with Crippen molar-refractivity contribution in [1.82, 2.24) is 0 Å². The van der Waals surface area contributed by atoms with E-state index in [-0.39, 0.29) is 0 Å². The number of benzene rings is 6. The van der Waals surface area contributed by atoms with Crippen molar-refractivity contribution in [3.63, 3.8) is 0 Å². The molecule has 51 heavy (non-hydrogen) atoms. The topological polar surface area (TPSA) is 36.9 Å². The van der Waals surface area contributed by atoms with Crippen LogP contribution in [0.25, 0.3) is 0 Å². The molecule has 0 fully saturated rings. The van der Waals surface area contributed by atoms with Gasteiger partial charge in [0, 0.05) is 25.4 Å². The standard InChI is InChI=1S/C42H34I5O4/c1-27-37(19-21-39(48-23-29-3-11-33(43)12-4-29)41(27)50-25-31-7-15-35(45)16-8-31)47-38-20-22-40(49-24-30-5-13-34(44)14-6-30)42(28(38)2)51-26-32-9-17-36(46)18-10-32/h3-22H,23-26H2,1-2H3/q+1. The molecule has 0 aliphatic heterocycles. The molecule has 0 spiro atoms. The van der Waals surface area contributed by atoms with Gasteiger partial charge in [-0.05, 0) is 199 Å². The third-order valence-corrected chi connectivity index (χ3v) is 14.4. The summed E-state index contributed by atoms with van der Waals surface area (Å²) in [6.07, 6.45) is 0. The van der Waals surface area contributed by atoms with E-state index < -0.39 is 21.2 Å². The smallest absolute Gasteiger partial charge is 0.358 e. The van der Waals surface area contributed by atoms with Crippen LogP contribution < -0.4 is 40.2 Å². The molecule has 0 N–H and O–H groups in total. The first kappa shape index (κ1) is 38.9. The summed E-state index contributed by atoms with van der Waals surface area (Å²) in [6.45, 7) is 6.16. The molecule has 4 nitrogen and oxygen atoms in total. The highest BCUT2D eigenvalue weighted by Crippen LogP contribution is 2.34. The fraction of sp³-hybridized carbons (Fsp3) is 0.143. The molecule has 0 aromatic heterocycles. The van der Waals surface area contributed by atoms with Gasteiger partial charge in [-0.1, -0.05) is 48.5 Å². The normalized spacial score (nSPS) is 10.9. The molecule has 0 aliphatic carbocycles. The molecule has 0 amide bonds. The van der Waals surface area contributed by atoms with Gasteiger partial charge in [0.15, 0.2) is 23.0 Å². The maximum atomic E-state index is 6.57. The number of hydrogen-bond donors (Lipinski definition) is 0. The minimum atomic E-state index is -0.607. The van der Waals surface area contributed by atoms with Gasteiger partial charge < -0.3 is 18.9 Å². The minimum Gasteiger partial charge on any atom is -0.485 e. The van der Waals surface area contributed by atoms with Gasteiger partial charge in [-0.3, -0.25) is 0 Å². The van der Waals surface area contributed by atoms with E-state index in [4.69, 9.17) is 18.9 Å². The Kier molecular flexibility index (Phi) is 14.5. The molecule has 6 aromatic carbocycles. The average molecular weight is 1240 g/mol. The SMILES string of the molecule is Cc1c([I+]c2ccc(OCc3ccc(I)cc3)c(OCc3ccc(I)cc3)c2C)ccc(OCc2ccc(I)cc2)c1OCc1ccc(I)cc1. The summed E-state index contributed by atoms with van der Waals surface area (Å²) in [6, 6.07) is 42.3. The molecule has 0 aliphatic rings. The van der Waals surface area contributed by atoms with Crippen LogP contribution in [-0.2, 0) is 26.4 Å². The van der Waals surface area contributed by atoms with E-state index in [9.17, 15) is 0 Å². The Labute approximate surface area is 365 Å². The molecule has 0 radical (unpaired) electrons. The fourth-order valence-electron chi connectivity index (χ4n) is 5.14. The first-order valence-electron chi connectivity index (χ1n) is 16.1. The summed E-state index contributed by atoms with van der Waals surface area (Å²) in [5.74, 6) is 3.09. The summed E-state index contributed by atoms with van der Waals surface area (Å²) >= 11 is 8.70. The lowest BCUT2D eigenvalue weighted by Gasteiger charge is -2.16. The first-order valence-corrected chi connectivity index (χ1v) is 22.6. The van der Waals surface area contributed by atoms with Gasteiger partial charge in [-0.15, -0.1) is 0 Å². The lowest BCUT2D eigenvalue weighted by molar-refractivity contribution is -0.598. The van der Waals surface area contributed by atoms with E-state index >= 15 is 0 Å². The van der Waals surface area contributed by atoms with E-state index in [2.05, 4.69) is 226 Å². The van der Waals surface area contributed by atoms with Crippen molar-refractivity contribution in [2.45, 2.75) is 40.3 Å². The highest BCUT2D eigenvalue weighted by molar-refractivity contribution is 14.1. The van der Waals surface area contributed by atoms with Crippen LogP contribution in [0.15, 0.2) is 121 Å². The van der Waals surface area contributed by atoms with Gasteiger partial charge in [0.05, 0.1) is 0 Å². The second kappa shape index (κ2) is 19.0. The van der Waals surface area contributed by atoms with Crippen LogP contribution in [0.3, 0.4) is 0 Å². The molecular formula is C42H34I5O4+. The molecule has 0 unspecified atom stereocenters. The molecular weight excluding hydrogens is 1200 g/mol. The summed E-state index contributed by atoms with van der Waals surface area (Å²) in [7, 11) is 0. The average Bonchev–Trinajstić information content (AvgIpc) is 3.13. The molecule has 0 saturated heterocycles. The first-order chi connectivity index (χ1) is 24.7. The Bertz CT molecular complexity index is 1910. The van der Waals surface area contributed by atoms with Crippen molar-refractivity contribution < 1.29 is 40.2 Å². The fourth-order valence-corrected chi connectivity index (χ4v) is 9.22. The van der Waals surface area contributed by atoms with Crippen molar-refractivity contribution in [3.05, 3.63) is 176 Å². The Balaban J connectivity index is 1.28. The van der Waals surface area contributed by atoms with E-state index in [0.29, 0.717) is 26.4 Å². The molecule has 0 bridgehead atoms. The van der Waals surface area contributed by atoms with E-state index in [1.807, 2.05) is 0 Å². The van der Waals surface area contributed by atoms with Crippen LogP contribution in [0, 0.1) is 35.3 Å². The molecule has 260 valence electrons. The van der Waals surface area contributed by atoms with Crippen molar-refractivity contribution in [3.8, 4) is 23.0 Å². The third-order valence-electron chi connectivity index (χ3n) is 8.02. The molecule has 9 heteroatoms. The second-order valence-electron chi connectivity index (χ2n) is 11.8. The molecule has 6 rings (SSSR count). The van der Waals surface area contributed by atoms with Crippen LogP contribution in [0.4, 0.5) is 0 Å². The van der Waals surface area contributed by atoms with Crippen LogP contribution in [-0.4, -0.2) is 0 Å². The summed E-state index contributed by atoms with van der Waals surface area (Å²) in [5.41, 5.74) is 6.67. The molecule has 0 atom stereocenters. The van der Waals surface area contributed by atoms with Crippen LogP contribution in [0.1, 0.15) is 33.4 Å². The third kappa shape index (κ3) is 11.1. The molecule has 0 heterocycles. The number of ether oxygens (including phenoxy) is 4. The zero-order valence-corrected chi connectivity index (χ0v) is 38.7. The highest BCUT2D eigenvalue weighted by atomic mass is 127. The summed E-state index contributed by atoms with van der Waals surface area (Å²) in [5, 5.41) is 0. The maximum absolute atomic E-state index is 6.57. The largest absolute Gasteiger partial charge is 0.485 e. The van der Waals surface area contributed by atoms with Gasteiger partial charge in [0.25, 0.3) is 0 Å². The van der Waals surface area contributed by atoms with E-state index in [0.717, 1.165) is 56.4 Å². The Morgan fingerprint density at radius 2 is 0.647 bits per heavy atom. The summed E-state index contributed by atoms with van der Waals surface area (Å²) in [4.78, 5) is 0. The van der Waals surface area contributed by atoms with Crippen LogP contribution in [0.5, 0.6) is 23.0 Å². The number of halogens is 5. The molecule has 0 saturated carbocycles. The predicted molar refractivity (Wildman–Crippen MR) is 234 cm³/mol. The van der Waals surface area contributed by atoms with Crippen molar-refractivity contribution in [1.29, 1.82) is 0 Å². The van der Waals surface area contributed by atoms with Crippen molar-refractivity contribution in [2.75, 3.05) is 0 Å². The second-order valence-corrected chi connectivity index (χ2v) is 19.6. The number of rotatable bonds is 14. The quantitative estimate of drug-likeness (QED) is 0.102. The Morgan fingerprint density at radius 1 is 0.373 bits per heavy atom. The Hall–Kier alpha value is -1.83. The van der Waals surface area contributed by atoms with Gasteiger partial charge >= 0.3 is 21.2 Å². The van der Waals surface area contributed by atoms with Gasteiger partial charge in [-0.2, -0.15) is 0 Å². The lowest BCUT2D eigenvalue weighted by Crippen LogP contribution is -3.62. The van der Waals surface area contributed by atoms with E-state index in [1.54, 1.807) is 0 Å². The van der Waals surface area contributed by atoms with Crippen LogP contribution in [0.2, 0.25) is 0 Å². The van der Waals surface area contributed by atoms with Crippen LogP contribution >= 0.6 is 90.4 Å². The van der Waals surface area contributed by atoms with Crippen molar-refractivity contribution >= 4 is 90.4 Å². The zero-order chi connectivity index (χ0) is 35.7. The van der Waals surface area contributed by atoms with Gasteiger partial charge in [0.2, 0.25) is 7.14 Å². The van der Waals surface area contributed by atoms with E-state index in [1.165, 1.54) is 21.4 Å². The molecule has 6 aromatic rings. The van der Waals surface area contributed by atoms with Gasteiger partial charge in [-0.25, -0.2) is 0 Å². The maximum Gasteiger partial charge on any atom is 0.358 e. The minimum absolute atomic E-state index is 0.460. The van der Waals surface area contributed by atoms with Gasteiger partial charge in [0.1, 0.15) is 26.4 Å². The zero-order valence-electron chi connectivity index (χ0n) is 27.9. The number of hydrogen-bond acceptors (Lipinski definition) is 4. The summed E-state index contributed by atoms with van der Waals surface area (Å²) < 4.78 is 33.3. The lowest BCUT2D eigenvalue weighted by atomic mass is 10.2. The monoisotopic (exact) mass is 1240 g/mol. The Morgan fingerprint density at radius 3 is 0.941 bits per heavy atom.